The van der Waals surface area contributed by atoms with Crippen LogP contribution in [0.5, 0.6) is 0 Å². The molecule has 1 aliphatic rings. The Morgan fingerprint density at radius 2 is 2.29 bits per heavy atom. The van der Waals surface area contributed by atoms with Gasteiger partial charge in [0.2, 0.25) is 0 Å². The SMILES string of the molecule is NC(c1cc2c(Cl)cccc2o1)C1CCOC1. The van der Waals surface area contributed by atoms with E-state index in [0.717, 1.165) is 29.8 Å². The molecule has 2 aromatic rings. The van der Waals surface area contributed by atoms with Gasteiger partial charge in [-0.3, -0.25) is 0 Å². The predicted octanol–water partition coefficient (Wildman–Crippen LogP) is 3.12. The van der Waals surface area contributed by atoms with Gasteiger partial charge in [0.05, 0.1) is 17.7 Å². The lowest BCUT2D eigenvalue weighted by atomic mass is 9.98. The van der Waals surface area contributed by atoms with Gasteiger partial charge in [0.15, 0.2) is 0 Å². The molecule has 1 aliphatic heterocycles. The van der Waals surface area contributed by atoms with Gasteiger partial charge in [-0.15, -0.1) is 0 Å². The molecule has 2 heterocycles. The smallest absolute Gasteiger partial charge is 0.135 e. The first kappa shape index (κ1) is 11.1. The molecule has 1 aromatic carbocycles. The zero-order valence-electron chi connectivity index (χ0n) is 9.36. The summed E-state index contributed by atoms with van der Waals surface area (Å²) in [4.78, 5) is 0. The number of benzene rings is 1. The molecular formula is C13H14ClNO2. The Bertz CT molecular complexity index is 531. The highest BCUT2D eigenvalue weighted by Crippen LogP contribution is 2.33. The monoisotopic (exact) mass is 251 g/mol. The van der Waals surface area contributed by atoms with Crippen LogP contribution in [0.1, 0.15) is 18.2 Å². The molecule has 4 heteroatoms. The van der Waals surface area contributed by atoms with Crippen LogP contribution < -0.4 is 5.73 Å². The van der Waals surface area contributed by atoms with E-state index in [1.165, 1.54) is 0 Å². The first-order chi connectivity index (χ1) is 8.25. The van der Waals surface area contributed by atoms with Gasteiger partial charge < -0.3 is 14.9 Å². The van der Waals surface area contributed by atoms with Gasteiger partial charge >= 0.3 is 0 Å². The Labute approximate surface area is 104 Å². The lowest BCUT2D eigenvalue weighted by Crippen LogP contribution is -2.20. The third kappa shape index (κ3) is 1.95. The fourth-order valence-electron chi connectivity index (χ4n) is 2.28. The topological polar surface area (TPSA) is 48.4 Å². The second kappa shape index (κ2) is 4.33. The molecule has 3 rings (SSSR count). The van der Waals surface area contributed by atoms with Crippen LogP contribution in [0.25, 0.3) is 11.0 Å². The molecule has 1 saturated heterocycles. The minimum Gasteiger partial charge on any atom is -0.459 e. The maximum Gasteiger partial charge on any atom is 0.135 e. The van der Waals surface area contributed by atoms with Crippen molar-refractivity contribution in [1.29, 1.82) is 0 Å². The lowest BCUT2D eigenvalue weighted by molar-refractivity contribution is 0.178. The van der Waals surface area contributed by atoms with Crippen LogP contribution in [-0.2, 0) is 4.74 Å². The molecule has 17 heavy (non-hydrogen) atoms. The Kier molecular flexibility index (Phi) is 2.82. The van der Waals surface area contributed by atoms with E-state index in [1.54, 1.807) is 0 Å². The summed E-state index contributed by atoms with van der Waals surface area (Å²) in [6.45, 7) is 1.51. The normalized spacial score (nSPS) is 22.1. The number of rotatable bonds is 2. The van der Waals surface area contributed by atoms with Gasteiger partial charge in [-0.1, -0.05) is 17.7 Å². The van der Waals surface area contributed by atoms with Crippen molar-refractivity contribution < 1.29 is 9.15 Å². The van der Waals surface area contributed by atoms with E-state index < -0.39 is 0 Å². The first-order valence-electron chi connectivity index (χ1n) is 5.77. The zero-order valence-corrected chi connectivity index (χ0v) is 10.1. The number of fused-ring (bicyclic) bond motifs is 1. The van der Waals surface area contributed by atoms with Crippen molar-refractivity contribution in [2.45, 2.75) is 12.5 Å². The van der Waals surface area contributed by atoms with Crippen molar-refractivity contribution in [3.8, 4) is 0 Å². The average Bonchev–Trinajstić information content (AvgIpc) is 2.98. The van der Waals surface area contributed by atoms with Crippen molar-refractivity contribution in [1.82, 2.24) is 0 Å². The summed E-state index contributed by atoms with van der Waals surface area (Å²) in [5.41, 5.74) is 6.99. The van der Waals surface area contributed by atoms with E-state index in [1.807, 2.05) is 24.3 Å². The molecule has 1 fully saturated rings. The van der Waals surface area contributed by atoms with Crippen molar-refractivity contribution >= 4 is 22.6 Å². The zero-order chi connectivity index (χ0) is 11.8. The molecule has 0 aliphatic carbocycles. The maximum atomic E-state index is 6.20. The van der Waals surface area contributed by atoms with Crippen LogP contribution in [0.4, 0.5) is 0 Å². The van der Waals surface area contributed by atoms with Crippen molar-refractivity contribution in [3.05, 3.63) is 35.0 Å². The summed E-state index contributed by atoms with van der Waals surface area (Å²) >= 11 is 6.11. The summed E-state index contributed by atoms with van der Waals surface area (Å²) in [6.07, 6.45) is 0.992. The van der Waals surface area contributed by atoms with E-state index in [4.69, 9.17) is 26.5 Å². The molecule has 3 nitrogen and oxygen atoms in total. The molecule has 2 N–H and O–H groups in total. The number of furan rings is 1. The summed E-state index contributed by atoms with van der Waals surface area (Å²) in [6, 6.07) is 7.47. The van der Waals surface area contributed by atoms with Crippen LogP contribution in [-0.4, -0.2) is 13.2 Å². The van der Waals surface area contributed by atoms with Crippen LogP contribution in [0.3, 0.4) is 0 Å². The van der Waals surface area contributed by atoms with Crippen molar-refractivity contribution in [3.63, 3.8) is 0 Å². The first-order valence-corrected chi connectivity index (χ1v) is 6.15. The fraction of sp³-hybridized carbons (Fsp3) is 0.385. The third-order valence-electron chi connectivity index (χ3n) is 3.33. The predicted molar refractivity (Wildman–Crippen MR) is 67.1 cm³/mol. The second-order valence-corrected chi connectivity index (χ2v) is 4.86. The molecule has 0 spiro atoms. The molecule has 1 aromatic heterocycles. The number of hydrogen-bond acceptors (Lipinski definition) is 3. The number of hydrogen-bond donors (Lipinski definition) is 1. The highest BCUT2D eigenvalue weighted by atomic mass is 35.5. The molecular weight excluding hydrogens is 238 g/mol. The summed E-state index contributed by atoms with van der Waals surface area (Å²) in [5, 5.41) is 1.63. The Morgan fingerprint density at radius 3 is 3.00 bits per heavy atom. The van der Waals surface area contributed by atoms with Gasteiger partial charge in [-0.25, -0.2) is 0 Å². The van der Waals surface area contributed by atoms with E-state index in [0.29, 0.717) is 17.5 Å². The van der Waals surface area contributed by atoms with Gasteiger partial charge in [-0.05, 0) is 24.6 Å². The van der Waals surface area contributed by atoms with E-state index >= 15 is 0 Å². The summed E-state index contributed by atoms with van der Waals surface area (Å²) in [5.74, 6) is 1.14. The highest BCUT2D eigenvalue weighted by molar-refractivity contribution is 6.35. The quantitative estimate of drug-likeness (QED) is 0.892. The van der Waals surface area contributed by atoms with Gasteiger partial charge in [-0.2, -0.15) is 0 Å². The Morgan fingerprint density at radius 1 is 1.41 bits per heavy atom. The Balaban J connectivity index is 1.97. The molecule has 0 saturated carbocycles. The minimum atomic E-state index is -0.110. The molecule has 0 amide bonds. The number of ether oxygens (including phenoxy) is 1. The van der Waals surface area contributed by atoms with E-state index in [9.17, 15) is 0 Å². The molecule has 2 atom stereocenters. The third-order valence-corrected chi connectivity index (χ3v) is 3.66. The number of nitrogens with two attached hydrogens (primary N) is 1. The molecule has 0 radical (unpaired) electrons. The standard InChI is InChI=1S/C13H14ClNO2/c14-10-2-1-3-11-9(10)6-12(17-11)13(15)8-4-5-16-7-8/h1-3,6,8,13H,4-5,7,15H2. The lowest BCUT2D eigenvalue weighted by Gasteiger charge is -2.14. The summed E-state index contributed by atoms with van der Waals surface area (Å²) in [7, 11) is 0. The molecule has 2 unspecified atom stereocenters. The fourth-order valence-corrected chi connectivity index (χ4v) is 2.50. The number of halogens is 1. The van der Waals surface area contributed by atoms with Crippen LogP contribution in [0, 0.1) is 5.92 Å². The van der Waals surface area contributed by atoms with Crippen molar-refractivity contribution in [2.24, 2.45) is 11.7 Å². The largest absolute Gasteiger partial charge is 0.459 e. The average molecular weight is 252 g/mol. The van der Waals surface area contributed by atoms with Gasteiger partial charge in [0.25, 0.3) is 0 Å². The van der Waals surface area contributed by atoms with Crippen LogP contribution in [0.2, 0.25) is 5.02 Å². The van der Waals surface area contributed by atoms with Crippen LogP contribution in [0.15, 0.2) is 28.7 Å². The maximum absolute atomic E-state index is 6.20. The highest BCUT2D eigenvalue weighted by Gasteiger charge is 2.26. The van der Waals surface area contributed by atoms with Gasteiger partial charge in [0.1, 0.15) is 11.3 Å². The van der Waals surface area contributed by atoms with E-state index in [-0.39, 0.29) is 6.04 Å². The van der Waals surface area contributed by atoms with Gasteiger partial charge in [0, 0.05) is 17.9 Å². The second-order valence-electron chi connectivity index (χ2n) is 4.45. The Hall–Kier alpha value is -1.03. The minimum absolute atomic E-state index is 0.110. The summed E-state index contributed by atoms with van der Waals surface area (Å²) < 4.78 is 11.1. The van der Waals surface area contributed by atoms with Crippen LogP contribution >= 0.6 is 11.6 Å². The van der Waals surface area contributed by atoms with Crippen molar-refractivity contribution in [2.75, 3.05) is 13.2 Å². The van der Waals surface area contributed by atoms with E-state index in [2.05, 4.69) is 0 Å². The molecule has 90 valence electrons. The molecule has 0 bridgehead atoms.